The molecule has 0 saturated heterocycles. The van der Waals surface area contributed by atoms with Crippen molar-refractivity contribution in [2.75, 3.05) is 0 Å². The third-order valence-electron chi connectivity index (χ3n) is 5.88. The van der Waals surface area contributed by atoms with E-state index >= 15 is 0 Å². The molecule has 31 heavy (non-hydrogen) atoms. The lowest BCUT2D eigenvalue weighted by Gasteiger charge is -2.07. The van der Waals surface area contributed by atoms with Crippen molar-refractivity contribution in [1.82, 2.24) is 4.98 Å². The van der Waals surface area contributed by atoms with Crippen molar-refractivity contribution >= 4 is 43.5 Å². The standard InChI is InChI=1S/C29H23NO/c1-18(2)16-19-14-15-30-27(17-19)26-9-5-8-23-25-13-12-22-21-7-4-3-6-20(21)10-11-24(22)28(25)31-29(23)26/h3-15,17-18H,16H2,1-2H3/i16D2. The molecule has 0 fully saturated rings. The quantitative estimate of drug-likeness (QED) is 0.279. The summed E-state index contributed by atoms with van der Waals surface area (Å²) in [4.78, 5) is 4.58. The molecule has 2 heterocycles. The van der Waals surface area contributed by atoms with Gasteiger partial charge in [-0.05, 0) is 64.3 Å². The van der Waals surface area contributed by atoms with Gasteiger partial charge in [0, 0.05) is 30.7 Å². The Morgan fingerprint density at radius 1 is 0.774 bits per heavy atom. The highest BCUT2D eigenvalue weighted by Crippen LogP contribution is 2.39. The van der Waals surface area contributed by atoms with Crippen LogP contribution in [0.5, 0.6) is 0 Å². The summed E-state index contributed by atoms with van der Waals surface area (Å²) < 4.78 is 23.5. The molecule has 0 N–H and O–H groups in total. The summed E-state index contributed by atoms with van der Waals surface area (Å²) in [6.07, 6.45) is 0.255. The van der Waals surface area contributed by atoms with Gasteiger partial charge in [0.15, 0.2) is 0 Å². The van der Waals surface area contributed by atoms with Gasteiger partial charge in [-0.25, -0.2) is 0 Å². The minimum atomic E-state index is -1.43. The lowest BCUT2D eigenvalue weighted by Crippen LogP contribution is -1.95. The molecule has 0 spiro atoms. The van der Waals surface area contributed by atoms with Gasteiger partial charge in [-0.1, -0.05) is 62.4 Å². The van der Waals surface area contributed by atoms with E-state index in [1.54, 1.807) is 12.3 Å². The highest BCUT2D eigenvalue weighted by Gasteiger charge is 2.16. The number of rotatable bonds is 3. The molecule has 150 valence electrons. The van der Waals surface area contributed by atoms with Crippen molar-refractivity contribution in [1.29, 1.82) is 0 Å². The first-order valence-electron chi connectivity index (χ1n) is 11.7. The van der Waals surface area contributed by atoms with Crippen LogP contribution in [0.3, 0.4) is 0 Å². The molecule has 2 aromatic heterocycles. The Kier molecular flexibility index (Phi) is 3.61. The molecule has 4 aromatic carbocycles. The Bertz CT molecular complexity index is 1680. The van der Waals surface area contributed by atoms with Gasteiger partial charge in [0.25, 0.3) is 0 Å². The highest BCUT2D eigenvalue weighted by atomic mass is 16.3. The molecule has 0 atom stereocenters. The second-order valence-corrected chi connectivity index (χ2v) is 8.34. The summed E-state index contributed by atoms with van der Waals surface area (Å²) in [5, 5.41) is 6.79. The van der Waals surface area contributed by atoms with Crippen LogP contribution in [-0.2, 0) is 6.37 Å². The van der Waals surface area contributed by atoms with Crippen molar-refractivity contribution in [2.45, 2.75) is 20.2 Å². The van der Waals surface area contributed by atoms with Crippen LogP contribution >= 0.6 is 0 Å². The molecule has 0 saturated carbocycles. The van der Waals surface area contributed by atoms with Crippen molar-refractivity contribution in [3.05, 3.63) is 90.6 Å². The topological polar surface area (TPSA) is 26.0 Å². The Morgan fingerprint density at radius 2 is 1.52 bits per heavy atom. The molecule has 0 aliphatic rings. The summed E-state index contributed by atoms with van der Waals surface area (Å²) in [5.74, 6) is -0.143. The fourth-order valence-corrected chi connectivity index (χ4v) is 4.55. The maximum atomic E-state index is 8.50. The normalized spacial score (nSPS) is 13.4. The predicted octanol–water partition coefficient (Wildman–Crippen LogP) is 8.15. The van der Waals surface area contributed by atoms with Crippen molar-refractivity contribution in [2.24, 2.45) is 5.92 Å². The lowest BCUT2D eigenvalue weighted by atomic mass is 9.99. The SMILES string of the molecule is [2H]C([2H])(c1ccnc(-c2cccc3c2oc2c3ccc3c4ccccc4ccc32)c1)C(C)C. The van der Waals surface area contributed by atoms with Gasteiger partial charge < -0.3 is 4.42 Å². The number of fused-ring (bicyclic) bond motifs is 7. The zero-order chi connectivity index (χ0) is 22.7. The summed E-state index contributed by atoms with van der Waals surface area (Å²) in [6.45, 7) is 3.80. The molecule has 0 amide bonds. The van der Waals surface area contributed by atoms with Crippen molar-refractivity contribution < 1.29 is 7.16 Å². The predicted molar refractivity (Wildman–Crippen MR) is 131 cm³/mol. The minimum Gasteiger partial charge on any atom is -0.455 e. The van der Waals surface area contributed by atoms with Crippen molar-refractivity contribution in [3.63, 3.8) is 0 Å². The van der Waals surface area contributed by atoms with E-state index in [4.69, 9.17) is 7.16 Å². The molecular weight excluding hydrogens is 378 g/mol. The van der Waals surface area contributed by atoms with Crippen molar-refractivity contribution in [3.8, 4) is 11.3 Å². The second-order valence-electron chi connectivity index (χ2n) is 8.34. The molecule has 0 radical (unpaired) electrons. The number of nitrogens with zero attached hydrogens (tertiary/aromatic N) is 1. The first-order chi connectivity index (χ1) is 15.9. The van der Waals surface area contributed by atoms with Gasteiger partial charge in [0.2, 0.25) is 0 Å². The number of aromatic nitrogens is 1. The summed E-state index contributed by atoms with van der Waals surface area (Å²) in [5.41, 5.74) is 3.88. The fraction of sp³-hybridized carbons (Fsp3) is 0.138. The lowest BCUT2D eigenvalue weighted by molar-refractivity contribution is 0.647. The minimum absolute atomic E-state index is 0.143. The van der Waals surface area contributed by atoms with Gasteiger partial charge in [-0.2, -0.15) is 0 Å². The van der Waals surface area contributed by atoms with E-state index in [-0.39, 0.29) is 5.92 Å². The van der Waals surface area contributed by atoms with Crippen LogP contribution < -0.4 is 0 Å². The third kappa shape index (κ3) is 2.90. The first-order valence-corrected chi connectivity index (χ1v) is 10.7. The zero-order valence-electron chi connectivity index (χ0n) is 19.5. The molecule has 0 aliphatic carbocycles. The van der Waals surface area contributed by atoms with Crippen LogP contribution in [0.25, 0.3) is 54.7 Å². The maximum Gasteiger partial charge on any atom is 0.144 e. The number of hydrogen-bond donors (Lipinski definition) is 0. The summed E-state index contributed by atoms with van der Waals surface area (Å²) in [6, 6.07) is 26.7. The molecule has 6 aromatic rings. The number of hydrogen-bond acceptors (Lipinski definition) is 2. The average Bonchev–Trinajstić information content (AvgIpc) is 3.23. The second kappa shape index (κ2) is 6.95. The van der Waals surface area contributed by atoms with Crippen LogP contribution in [0.2, 0.25) is 0 Å². The summed E-state index contributed by atoms with van der Waals surface area (Å²) in [7, 11) is 0. The Balaban J connectivity index is 1.62. The Morgan fingerprint density at radius 3 is 2.42 bits per heavy atom. The number of para-hydroxylation sites is 1. The molecule has 0 bridgehead atoms. The van der Waals surface area contributed by atoms with E-state index in [1.807, 2.05) is 32.0 Å². The van der Waals surface area contributed by atoms with E-state index in [0.29, 0.717) is 5.56 Å². The van der Waals surface area contributed by atoms with Crippen LogP contribution in [0.15, 0.2) is 89.5 Å². The highest BCUT2D eigenvalue weighted by molar-refractivity contribution is 6.21. The van der Waals surface area contributed by atoms with E-state index in [0.717, 1.165) is 38.6 Å². The van der Waals surface area contributed by atoms with Gasteiger partial charge >= 0.3 is 0 Å². The largest absolute Gasteiger partial charge is 0.455 e. The van der Waals surface area contributed by atoms with E-state index in [2.05, 4.69) is 59.6 Å². The Labute approximate surface area is 183 Å². The first kappa shape index (κ1) is 16.1. The van der Waals surface area contributed by atoms with E-state index in [1.165, 1.54) is 16.2 Å². The van der Waals surface area contributed by atoms with Gasteiger partial charge in [-0.15, -0.1) is 0 Å². The van der Waals surface area contributed by atoms with Crippen LogP contribution in [0.1, 0.15) is 22.2 Å². The molecule has 2 nitrogen and oxygen atoms in total. The van der Waals surface area contributed by atoms with Crippen LogP contribution in [0.4, 0.5) is 0 Å². The zero-order valence-corrected chi connectivity index (χ0v) is 17.5. The third-order valence-corrected chi connectivity index (χ3v) is 5.88. The van der Waals surface area contributed by atoms with Gasteiger partial charge in [0.1, 0.15) is 11.2 Å². The van der Waals surface area contributed by atoms with Gasteiger partial charge in [-0.3, -0.25) is 4.98 Å². The molecule has 0 aliphatic heterocycles. The number of pyridine rings is 1. The Hall–Kier alpha value is -3.65. The van der Waals surface area contributed by atoms with Crippen LogP contribution in [-0.4, -0.2) is 4.98 Å². The van der Waals surface area contributed by atoms with E-state index < -0.39 is 6.37 Å². The molecule has 2 heteroatoms. The fourth-order valence-electron chi connectivity index (χ4n) is 4.55. The smallest absolute Gasteiger partial charge is 0.144 e. The monoisotopic (exact) mass is 403 g/mol. The number of furan rings is 1. The van der Waals surface area contributed by atoms with Crippen LogP contribution in [0, 0.1) is 5.92 Å². The van der Waals surface area contributed by atoms with Gasteiger partial charge in [0.05, 0.1) is 5.69 Å². The molecule has 0 unspecified atom stereocenters. The molecule has 6 rings (SSSR count). The maximum absolute atomic E-state index is 8.50. The number of benzene rings is 4. The summed E-state index contributed by atoms with van der Waals surface area (Å²) >= 11 is 0. The molecular formula is C29H23NO. The van der Waals surface area contributed by atoms with E-state index in [9.17, 15) is 0 Å². The average molecular weight is 404 g/mol.